The van der Waals surface area contributed by atoms with Crippen molar-refractivity contribution in [1.82, 2.24) is 4.98 Å². The summed E-state index contributed by atoms with van der Waals surface area (Å²) in [6.45, 7) is 2.05. The number of hydrogen-bond acceptors (Lipinski definition) is 5. The number of nitrogens with two attached hydrogens (primary N) is 1. The Morgan fingerprint density at radius 3 is 2.52 bits per heavy atom. The van der Waals surface area contributed by atoms with E-state index in [1.807, 2.05) is 0 Å². The van der Waals surface area contributed by atoms with Gasteiger partial charge >= 0.3 is 5.97 Å². The number of hydrogen-bond donors (Lipinski definition) is 1. The zero-order chi connectivity index (χ0) is 17.2. The van der Waals surface area contributed by atoms with E-state index >= 15 is 0 Å². The number of aromatic nitrogens is 1. The quantitative estimate of drug-likeness (QED) is 0.377. The van der Waals surface area contributed by atoms with Crippen molar-refractivity contribution in [3.8, 4) is 5.88 Å². The van der Waals surface area contributed by atoms with Crippen LogP contribution in [0, 0.1) is 5.95 Å². The summed E-state index contributed by atoms with van der Waals surface area (Å²) in [5.74, 6) is -1.88. The van der Waals surface area contributed by atoms with Gasteiger partial charge in [0, 0.05) is 0 Å². The predicted molar refractivity (Wildman–Crippen MR) is 88.5 cm³/mol. The number of ether oxygens (including phenoxy) is 2. The normalized spacial score (nSPS) is 10.6. The van der Waals surface area contributed by atoms with Gasteiger partial charge in [0.05, 0.1) is 12.3 Å². The van der Waals surface area contributed by atoms with E-state index < -0.39 is 18.5 Å². The molecule has 8 heteroatoms. The molecule has 0 bridgehead atoms. The maximum Gasteiger partial charge on any atom is 0.344 e. The van der Waals surface area contributed by atoms with E-state index in [9.17, 15) is 9.18 Å². The maximum atomic E-state index is 13.3. The zero-order valence-electron chi connectivity index (χ0n) is 13.0. The second-order valence-electron chi connectivity index (χ2n) is 5.03. The van der Waals surface area contributed by atoms with Crippen LogP contribution in [-0.2, 0) is 9.53 Å². The second-order valence-corrected chi connectivity index (χ2v) is 5.78. The SMILES string of the molecule is CCCCCCCCOC(=O)COc1nc(F)c(Cl)c(N)c1Cl. The first kappa shape index (κ1) is 19.8. The highest BCUT2D eigenvalue weighted by Crippen LogP contribution is 2.35. The van der Waals surface area contributed by atoms with E-state index in [1.165, 1.54) is 19.3 Å². The van der Waals surface area contributed by atoms with Gasteiger partial charge in [-0.25, -0.2) is 4.79 Å². The number of pyridine rings is 1. The zero-order valence-corrected chi connectivity index (χ0v) is 14.6. The van der Waals surface area contributed by atoms with Crippen LogP contribution < -0.4 is 10.5 Å². The van der Waals surface area contributed by atoms with Crippen LogP contribution in [0.2, 0.25) is 10.0 Å². The molecule has 0 aliphatic rings. The molecule has 5 nitrogen and oxygen atoms in total. The Morgan fingerprint density at radius 1 is 1.17 bits per heavy atom. The first-order valence-corrected chi connectivity index (χ1v) is 8.31. The molecule has 1 heterocycles. The van der Waals surface area contributed by atoms with Gasteiger partial charge in [-0.1, -0.05) is 62.2 Å². The molecule has 0 aliphatic carbocycles. The fraction of sp³-hybridized carbons (Fsp3) is 0.600. The summed E-state index contributed by atoms with van der Waals surface area (Å²) in [6.07, 6.45) is 6.56. The van der Waals surface area contributed by atoms with Gasteiger partial charge in [-0.3, -0.25) is 0 Å². The van der Waals surface area contributed by atoms with Crippen LogP contribution in [0.4, 0.5) is 10.1 Å². The topological polar surface area (TPSA) is 74.4 Å². The smallest absolute Gasteiger partial charge is 0.344 e. The molecular formula is C15H21Cl2FN2O3. The van der Waals surface area contributed by atoms with Crippen molar-refractivity contribution in [1.29, 1.82) is 0 Å². The molecule has 0 spiro atoms. The van der Waals surface area contributed by atoms with Crippen molar-refractivity contribution in [2.75, 3.05) is 18.9 Å². The first-order valence-electron chi connectivity index (χ1n) is 7.55. The number of rotatable bonds is 10. The van der Waals surface area contributed by atoms with Gasteiger partial charge in [0.2, 0.25) is 11.8 Å². The summed E-state index contributed by atoms with van der Waals surface area (Å²) >= 11 is 11.4. The summed E-state index contributed by atoms with van der Waals surface area (Å²) in [7, 11) is 0. The minimum Gasteiger partial charge on any atom is -0.464 e. The van der Waals surface area contributed by atoms with Gasteiger partial charge in [0.25, 0.3) is 0 Å². The largest absolute Gasteiger partial charge is 0.464 e. The number of esters is 1. The molecular weight excluding hydrogens is 346 g/mol. The van der Waals surface area contributed by atoms with Crippen molar-refractivity contribution in [3.63, 3.8) is 0 Å². The van der Waals surface area contributed by atoms with E-state index in [4.69, 9.17) is 38.4 Å². The predicted octanol–water partition coefficient (Wildman–Crippen LogP) is 4.39. The van der Waals surface area contributed by atoms with Crippen LogP contribution in [0.15, 0.2) is 0 Å². The summed E-state index contributed by atoms with van der Waals surface area (Å²) < 4.78 is 23.4. The number of nitrogens with zero attached hydrogens (tertiary/aromatic N) is 1. The standard InChI is InChI=1S/C15H21Cl2FN2O3/c1-2-3-4-5-6-7-8-22-10(21)9-23-15-12(17)13(19)11(16)14(18)20-15/h2-9H2,1H3,(H2,19,20). The average molecular weight is 367 g/mol. The maximum absolute atomic E-state index is 13.3. The summed E-state index contributed by atoms with van der Waals surface area (Å²) in [4.78, 5) is 14.9. The van der Waals surface area contributed by atoms with Gasteiger partial charge in [0.15, 0.2) is 6.61 Å². The second kappa shape index (κ2) is 10.5. The summed E-state index contributed by atoms with van der Waals surface area (Å²) in [5.41, 5.74) is 5.31. The lowest BCUT2D eigenvalue weighted by molar-refractivity contribution is -0.146. The molecule has 130 valence electrons. The highest BCUT2D eigenvalue weighted by atomic mass is 35.5. The molecule has 1 rings (SSSR count). The molecule has 0 atom stereocenters. The van der Waals surface area contributed by atoms with E-state index in [-0.39, 0.29) is 21.6 Å². The minimum absolute atomic E-state index is 0.139. The molecule has 0 aliphatic heterocycles. The van der Waals surface area contributed by atoms with Crippen molar-refractivity contribution in [2.24, 2.45) is 0 Å². The number of carbonyl (C=O) groups excluding carboxylic acids is 1. The molecule has 0 fully saturated rings. The molecule has 0 radical (unpaired) electrons. The van der Waals surface area contributed by atoms with Crippen LogP contribution in [0.25, 0.3) is 0 Å². The fourth-order valence-corrected chi connectivity index (χ4v) is 2.22. The van der Waals surface area contributed by atoms with Crippen molar-refractivity contribution in [2.45, 2.75) is 45.4 Å². The Hall–Kier alpha value is -1.27. The van der Waals surface area contributed by atoms with Gasteiger partial charge in [-0.05, 0) is 6.42 Å². The Labute approximate surface area is 145 Å². The molecule has 1 aromatic rings. The fourth-order valence-electron chi connectivity index (χ4n) is 1.84. The van der Waals surface area contributed by atoms with Gasteiger partial charge in [0.1, 0.15) is 10.0 Å². The monoisotopic (exact) mass is 366 g/mol. The lowest BCUT2D eigenvalue weighted by Gasteiger charge is -2.10. The van der Waals surface area contributed by atoms with Gasteiger partial charge in [-0.2, -0.15) is 9.37 Å². The molecule has 0 unspecified atom stereocenters. The van der Waals surface area contributed by atoms with Gasteiger partial charge in [-0.15, -0.1) is 0 Å². The molecule has 0 saturated heterocycles. The minimum atomic E-state index is -1.01. The number of anilines is 1. The van der Waals surface area contributed by atoms with Crippen molar-refractivity contribution >= 4 is 34.9 Å². The van der Waals surface area contributed by atoms with Crippen LogP contribution in [0.1, 0.15) is 45.4 Å². The van der Waals surface area contributed by atoms with Gasteiger partial charge < -0.3 is 15.2 Å². The average Bonchev–Trinajstić information content (AvgIpc) is 2.54. The Bertz CT molecular complexity index is 530. The Morgan fingerprint density at radius 2 is 1.83 bits per heavy atom. The van der Waals surface area contributed by atoms with Crippen LogP contribution in [0.3, 0.4) is 0 Å². The van der Waals surface area contributed by atoms with E-state index in [0.29, 0.717) is 6.61 Å². The Balaban J connectivity index is 2.29. The number of unbranched alkanes of at least 4 members (excludes halogenated alkanes) is 5. The third kappa shape index (κ3) is 6.79. The highest BCUT2D eigenvalue weighted by Gasteiger charge is 2.17. The first-order chi connectivity index (χ1) is 11.0. The molecule has 1 aromatic heterocycles. The number of halogens is 3. The van der Waals surface area contributed by atoms with Crippen LogP contribution in [-0.4, -0.2) is 24.2 Å². The Kier molecular flexibility index (Phi) is 9.02. The third-order valence-corrected chi connectivity index (χ3v) is 3.85. The van der Waals surface area contributed by atoms with E-state index in [1.54, 1.807) is 0 Å². The molecule has 23 heavy (non-hydrogen) atoms. The molecule has 0 aromatic carbocycles. The molecule has 0 saturated carbocycles. The lowest BCUT2D eigenvalue weighted by atomic mass is 10.1. The summed E-state index contributed by atoms with van der Waals surface area (Å²) in [5, 5.41) is -0.520. The number of nitrogen functional groups attached to an aromatic ring is 1. The van der Waals surface area contributed by atoms with Crippen molar-refractivity contribution < 1.29 is 18.7 Å². The summed E-state index contributed by atoms with van der Waals surface area (Å²) in [6, 6.07) is 0. The highest BCUT2D eigenvalue weighted by molar-refractivity contribution is 6.39. The van der Waals surface area contributed by atoms with E-state index in [2.05, 4.69) is 11.9 Å². The molecule has 0 amide bonds. The number of carbonyl (C=O) groups is 1. The lowest BCUT2D eigenvalue weighted by Crippen LogP contribution is -2.16. The van der Waals surface area contributed by atoms with Crippen molar-refractivity contribution in [3.05, 3.63) is 16.0 Å². The van der Waals surface area contributed by atoms with Crippen LogP contribution >= 0.6 is 23.2 Å². The third-order valence-electron chi connectivity index (χ3n) is 3.13. The van der Waals surface area contributed by atoms with E-state index in [0.717, 1.165) is 19.3 Å². The molecule has 2 N–H and O–H groups in total. The van der Waals surface area contributed by atoms with Crippen LogP contribution in [0.5, 0.6) is 5.88 Å².